The molecule has 0 fully saturated rings. The molecule has 0 saturated carbocycles. The highest BCUT2D eigenvalue weighted by Crippen LogP contribution is 2.04. The monoisotopic (exact) mass is 137 g/mol. The van der Waals surface area contributed by atoms with Crippen LogP contribution in [0.2, 0.25) is 0 Å². The molecule has 0 amide bonds. The van der Waals surface area contributed by atoms with Crippen molar-refractivity contribution in [1.82, 2.24) is 4.98 Å². The van der Waals surface area contributed by atoms with Gasteiger partial charge in [-0.25, -0.2) is 0 Å². The van der Waals surface area contributed by atoms with Gasteiger partial charge in [0, 0.05) is 25.0 Å². The van der Waals surface area contributed by atoms with Gasteiger partial charge >= 0.3 is 0 Å². The lowest BCUT2D eigenvalue weighted by atomic mass is 10.1. The molecule has 0 saturated heterocycles. The smallest absolute Gasteiger partial charge is 0.0434 e. The van der Waals surface area contributed by atoms with Crippen molar-refractivity contribution < 1.29 is 0 Å². The van der Waals surface area contributed by atoms with Crippen LogP contribution < -0.4 is 11.5 Å². The Labute approximate surface area is 60.1 Å². The Kier molecular flexibility index (Phi) is 2.36. The van der Waals surface area contributed by atoms with E-state index < -0.39 is 0 Å². The van der Waals surface area contributed by atoms with Crippen LogP contribution >= 0.6 is 0 Å². The van der Waals surface area contributed by atoms with E-state index >= 15 is 0 Å². The predicted octanol–water partition coefficient (Wildman–Crippen LogP) is 0.0401. The quantitative estimate of drug-likeness (QED) is 0.605. The third kappa shape index (κ3) is 1.52. The molecule has 1 heterocycles. The number of nitrogens with two attached hydrogens (primary N) is 2. The summed E-state index contributed by atoms with van der Waals surface area (Å²) in [5, 5.41) is 0. The van der Waals surface area contributed by atoms with E-state index in [-0.39, 0.29) is 6.04 Å². The Balaban J connectivity index is 2.75. The highest BCUT2D eigenvalue weighted by Gasteiger charge is 2.00. The first-order valence-corrected chi connectivity index (χ1v) is 3.20. The third-order valence-corrected chi connectivity index (χ3v) is 1.37. The van der Waals surface area contributed by atoms with E-state index in [4.69, 9.17) is 11.5 Å². The second kappa shape index (κ2) is 3.29. The summed E-state index contributed by atoms with van der Waals surface area (Å²) in [5.74, 6) is 0. The highest BCUT2D eigenvalue weighted by atomic mass is 14.7. The van der Waals surface area contributed by atoms with Crippen LogP contribution in [0.5, 0.6) is 0 Å². The first-order valence-electron chi connectivity index (χ1n) is 3.20. The molecular formula is C7H11N3. The second-order valence-electron chi connectivity index (χ2n) is 2.13. The van der Waals surface area contributed by atoms with Gasteiger partial charge in [-0.1, -0.05) is 6.07 Å². The fraction of sp³-hybridized carbons (Fsp3) is 0.286. The molecule has 3 heteroatoms. The minimum atomic E-state index is -0.0753. The number of hydrogen-bond acceptors (Lipinski definition) is 3. The molecule has 0 spiro atoms. The van der Waals surface area contributed by atoms with Gasteiger partial charge in [-0.3, -0.25) is 4.98 Å². The van der Waals surface area contributed by atoms with Gasteiger partial charge in [0.2, 0.25) is 0 Å². The van der Waals surface area contributed by atoms with Crippen molar-refractivity contribution in [2.45, 2.75) is 6.04 Å². The summed E-state index contributed by atoms with van der Waals surface area (Å²) in [6.07, 6.45) is 3.45. The van der Waals surface area contributed by atoms with Crippen LogP contribution in [0, 0.1) is 0 Å². The highest BCUT2D eigenvalue weighted by molar-refractivity contribution is 5.13. The number of aromatic nitrogens is 1. The van der Waals surface area contributed by atoms with Crippen LogP contribution in [0.4, 0.5) is 0 Å². The van der Waals surface area contributed by atoms with Crippen LogP contribution in [0.25, 0.3) is 0 Å². The standard InChI is InChI=1S/C7H11N3/c8-4-7(9)6-2-1-3-10-5-6/h1-3,5,7H,4,8-9H2. The van der Waals surface area contributed by atoms with Gasteiger partial charge in [0.25, 0.3) is 0 Å². The molecule has 0 aliphatic heterocycles. The molecule has 54 valence electrons. The summed E-state index contributed by atoms with van der Waals surface area (Å²) >= 11 is 0. The normalized spacial score (nSPS) is 13.0. The summed E-state index contributed by atoms with van der Waals surface area (Å²) in [7, 11) is 0. The van der Waals surface area contributed by atoms with Crippen LogP contribution in [-0.4, -0.2) is 11.5 Å². The zero-order valence-corrected chi connectivity index (χ0v) is 5.70. The second-order valence-corrected chi connectivity index (χ2v) is 2.13. The van der Waals surface area contributed by atoms with Crippen molar-refractivity contribution in [1.29, 1.82) is 0 Å². The molecule has 1 atom stereocenters. The van der Waals surface area contributed by atoms with Crippen molar-refractivity contribution in [3.63, 3.8) is 0 Å². The molecule has 0 aromatic carbocycles. The minimum absolute atomic E-state index is 0.0753. The molecule has 0 radical (unpaired) electrons. The Morgan fingerprint density at radius 1 is 1.60 bits per heavy atom. The van der Waals surface area contributed by atoms with Crippen LogP contribution in [0.3, 0.4) is 0 Å². The Bertz CT molecular complexity index is 185. The predicted molar refractivity (Wildman–Crippen MR) is 40.2 cm³/mol. The molecule has 10 heavy (non-hydrogen) atoms. The maximum Gasteiger partial charge on any atom is 0.0434 e. The van der Waals surface area contributed by atoms with Crippen molar-refractivity contribution in [2.24, 2.45) is 11.5 Å². The van der Waals surface area contributed by atoms with Crippen molar-refractivity contribution >= 4 is 0 Å². The average Bonchev–Trinajstić information content (AvgIpc) is 2.05. The zero-order chi connectivity index (χ0) is 7.40. The average molecular weight is 137 g/mol. The van der Waals surface area contributed by atoms with Gasteiger partial charge < -0.3 is 11.5 Å². The van der Waals surface area contributed by atoms with Gasteiger partial charge in [-0.2, -0.15) is 0 Å². The molecule has 0 aliphatic rings. The molecular weight excluding hydrogens is 126 g/mol. The third-order valence-electron chi connectivity index (χ3n) is 1.37. The summed E-state index contributed by atoms with van der Waals surface area (Å²) in [6, 6.07) is 3.70. The zero-order valence-electron chi connectivity index (χ0n) is 5.70. The molecule has 1 unspecified atom stereocenters. The van der Waals surface area contributed by atoms with E-state index in [9.17, 15) is 0 Å². The largest absolute Gasteiger partial charge is 0.329 e. The van der Waals surface area contributed by atoms with Gasteiger partial charge in [-0.15, -0.1) is 0 Å². The van der Waals surface area contributed by atoms with Crippen LogP contribution in [0.15, 0.2) is 24.5 Å². The van der Waals surface area contributed by atoms with E-state index in [1.807, 2.05) is 12.1 Å². The Morgan fingerprint density at radius 3 is 2.90 bits per heavy atom. The first kappa shape index (κ1) is 7.18. The Hall–Kier alpha value is -0.930. The molecule has 1 aromatic rings. The number of pyridine rings is 1. The van der Waals surface area contributed by atoms with Gasteiger partial charge in [0.15, 0.2) is 0 Å². The summed E-state index contributed by atoms with van der Waals surface area (Å²) in [5.41, 5.74) is 12.0. The lowest BCUT2D eigenvalue weighted by Gasteiger charge is -2.06. The van der Waals surface area contributed by atoms with E-state index in [0.29, 0.717) is 6.54 Å². The van der Waals surface area contributed by atoms with E-state index in [0.717, 1.165) is 5.56 Å². The number of hydrogen-bond donors (Lipinski definition) is 2. The SMILES string of the molecule is NCC(N)c1cccnc1. The van der Waals surface area contributed by atoms with Gasteiger partial charge in [-0.05, 0) is 11.6 Å². The molecule has 1 aromatic heterocycles. The van der Waals surface area contributed by atoms with E-state index in [1.165, 1.54) is 0 Å². The van der Waals surface area contributed by atoms with Gasteiger partial charge in [0.05, 0.1) is 0 Å². The minimum Gasteiger partial charge on any atom is -0.329 e. The number of rotatable bonds is 2. The van der Waals surface area contributed by atoms with E-state index in [2.05, 4.69) is 4.98 Å². The number of nitrogens with zero attached hydrogens (tertiary/aromatic N) is 1. The topological polar surface area (TPSA) is 64.9 Å². The molecule has 0 aliphatic carbocycles. The first-order chi connectivity index (χ1) is 4.84. The lowest BCUT2D eigenvalue weighted by Crippen LogP contribution is -2.20. The fourth-order valence-electron chi connectivity index (χ4n) is 0.731. The summed E-state index contributed by atoms with van der Waals surface area (Å²) < 4.78 is 0. The van der Waals surface area contributed by atoms with Crippen molar-refractivity contribution in [2.75, 3.05) is 6.54 Å². The molecule has 3 nitrogen and oxygen atoms in total. The lowest BCUT2D eigenvalue weighted by molar-refractivity contribution is 0.733. The van der Waals surface area contributed by atoms with Gasteiger partial charge in [0.1, 0.15) is 0 Å². The molecule has 1 rings (SSSR count). The van der Waals surface area contributed by atoms with Crippen LogP contribution in [-0.2, 0) is 0 Å². The fourth-order valence-corrected chi connectivity index (χ4v) is 0.731. The maximum atomic E-state index is 5.63. The van der Waals surface area contributed by atoms with Crippen LogP contribution in [0.1, 0.15) is 11.6 Å². The molecule has 0 bridgehead atoms. The summed E-state index contributed by atoms with van der Waals surface area (Å²) in [6.45, 7) is 0.464. The van der Waals surface area contributed by atoms with Crippen molar-refractivity contribution in [3.8, 4) is 0 Å². The van der Waals surface area contributed by atoms with E-state index in [1.54, 1.807) is 12.4 Å². The Morgan fingerprint density at radius 2 is 2.40 bits per heavy atom. The maximum absolute atomic E-state index is 5.63. The van der Waals surface area contributed by atoms with Crippen molar-refractivity contribution in [3.05, 3.63) is 30.1 Å². The molecule has 4 N–H and O–H groups in total. The summed E-state index contributed by atoms with van der Waals surface area (Å²) in [4.78, 5) is 3.92.